The minimum absolute atomic E-state index is 0.00390. The molecule has 0 fully saturated rings. The third-order valence-electron chi connectivity index (χ3n) is 16.5. The molecule has 74 heavy (non-hydrogen) atoms. The van der Waals surface area contributed by atoms with E-state index in [1.807, 2.05) is 0 Å². The van der Waals surface area contributed by atoms with Gasteiger partial charge in [0.25, 0.3) is 0 Å². The first kappa shape index (κ1) is 72.3. The van der Waals surface area contributed by atoms with Gasteiger partial charge >= 0.3 is 0 Å². The Hall–Kier alpha value is -1.72. The predicted octanol–water partition coefficient (Wildman–Crippen LogP) is 22.1. The van der Waals surface area contributed by atoms with Gasteiger partial charge in [-0.3, -0.25) is 19.3 Å². The molecule has 0 radical (unpaired) electrons. The summed E-state index contributed by atoms with van der Waals surface area (Å²) in [5.74, 6) is 0.130. The Morgan fingerprint density at radius 1 is 0.324 bits per heavy atom. The number of nitrogens with zero attached hydrogens (tertiary/aromatic N) is 1. The molecule has 0 aromatic rings. The molecule has 0 aliphatic rings. The Balaban J connectivity index is 5.03. The summed E-state index contributed by atoms with van der Waals surface area (Å²) in [6.45, 7) is 5.22. The van der Waals surface area contributed by atoms with E-state index in [0.29, 0.717) is 19.4 Å². The third kappa shape index (κ3) is 55.0. The molecule has 6 heteroatoms. The molecule has 3 amide bonds. The van der Waals surface area contributed by atoms with Crippen molar-refractivity contribution < 1.29 is 19.2 Å². The quantitative estimate of drug-likeness (QED) is 0.0485. The maximum absolute atomic E-state index is 14.6. The van der Waals surface area contributed by atoms with E-state index in [2.05, 4.69) is 13.8 Å². The van der Waals surface area contributed by atoms with Crippen LogP contribution in [0, 0.1) is 5.92 Å². The van der Waals surface area contributed by atoms with Gasteiger partial charge in [0.05, 0.1) is 0 Å². The molecule has 6 nitrogen and oxygen atoms in total. The molecule has 0 aliphatic heterocycles. The summed E-state index contributed by atoms with van der Waals surface area (Å²) in [6, 6.07) is 0. The number of carbonyl (C=O) groups excluding carboxylic acids is 4. The zero-order valence-electron chi connectivity index (χ0n) is 50.4. The molecule has 0 unspecified atom stereocenters. The maximum Gasteiger partial charge on any atom is 0.232 e. The summed E-state index contributed by atoms with van der Waals surface area (Å²) in [7, 11) is 0. The van der Waals surface area contributed by atoms with E-state index in [1.165, 1.54) is 295 Å². The zero-order chi connectivity index (χ0) is 53.7. The molecular formula is C68H132N2O4. The van der Waals surface area contributed by atoms with Crippen LogP contribution in [-0.2, 0) is 19.2 Å². The lowest BCUT2D eigenvalue weighted by Crippen LogP contribution is -2.41. The Bertz CT molecular complexity index is 1130. The van der Waals surface area contributed by atoms with Crippen molar-refractivity contribution in [3.05, 3.63) is 0 Å². The Morgan fingerprint density at radius 2 is 0.568 bits per heavy atom. The smallest absolute Gasteiger partial charge is 0.232 e. The highest BCUT2D eigenvalue weighted by molar-refractivity contribution is 5.96. The number of primary amides is 1. The van der Waals surface area contributed by atoms with Gasteiger partial charge in [-0.1, -0.05) is 341 Å². The van der Waals surface area contributed by atoms with Gasteiger partial charge < -0.3 is 10.5 Å². The van der Waals surface area contributed by atoms with E-state index in [-0.39, 0.29) is 23.6 Å². The van der Waals surface area contributed by atoms with Crippen LogP contribution in [0.2, 0.25) is 0 Å². The first-order valence-electron chi connectivity index (χ1n) is 34.0. The molecule has 0 heterocycles. The Kier molecular flexibility index (Phi) is 60.7. The van der Waals surface area contributed by atoms with Crippen LogP contribution in [0.15, 0.2) is 0 Å². The van der Waals surface area contributed by atoms with Gasteiger partial charge in [0, 0.05) is 31.7 Å². The SMILES string of the molecule is CCCCCCCCCCCCCCC(CCCCCCCCCCCCCC)C(=O)N(CCCCCCCCCCCCCCCCCCCC(N)=O)C(=O)CCCCCCCCCCCCCCCCC=O. The van der Waals surface area contributed by atoms with Gasteiger partial charge in [-0.05, 0) is 38.5 Å². The number of amides is 3. The lowest BCUT2D eigenvalue weighted by Gasteiger charge is -2.26. The van der Waals surface area contributed by atoms with Crippen LogP contribution in [0.5, 0.6) is 0 Å². The highest BCUT2D eigenvalue weighted by Crippen LogP contribution is 2.25. The van der Waals surface area contributed by atoms with Crippen LogP contribution in [0.4, 0.5) is 0 Å². The number of imide groups is 1. The van der Waals surface area contributed by atoms with E-state index in [9.17, 15) is 19.2 Å². The van der Waals surface area contributed by atoms with Crippen LogP contribution < -0.4 is 5.73 Å². The van der Waals surface area contributed by atoms with Crippen molar-refractivity contribution in [3.63, 3.8) is 0 Å². The number of hydrogen-bond donors (Lipinski definition) is 1. The van der Waals surface area contributed by atoms with Gasteiger partial charge in [0.2, 0.25) is 17.7 Å². The lowest BCUT2D eigenvalue weighted by atomic mass is 9.92. The van der Waals surface area contributed by atoms with Crippen molar-refractivity contribution in [1.82, 2.24) is 4.90 Å². The summed E-state index contributed by atoms with van der Waals surface area (Å²) in [5, 5.41) is 0. The summed E-state index contributed by atoms with van der Waals surface area (Å²) in [6.07, 6.45) is 75.3. The fourth-order valence-corrected chi connectivity index (χ4v) is 11.4. The van der Waals surface area contributed by atoms with Gasteiger partial charge in [0.1, 0.15) is 6.29 Å². The highest BCUT2D eigenvalue weighted by Gasteiger charge is 2.28. The highest BCUT2D eigenvalue weighted by atomic mass is 16.2. The topological polar surface area (TPSA) is 97.5 Å². The largest absolute Gasteiger partial charge is 0.370 e. The third-order valence-corrected chi connectivity index (χ3v) is 16.5. The fraction of sp³-hybridized carbons (Fsp3) is 0.941. The number of unbranched alkanes of at least 4 members (excludes halogenated alkanes) is 52. The standard InChI is InChI=1S/C68H132N2O4/c1-3-5-7-9-11-13-15-29-35-41-47-53-59-65(60-54-48-42-36-30-16-14-12-10-8-6-4-2)68(74)70(67(73)62-56-50-44-38-32-26-22-20-24-28-34-40-46-52-58-64-71)63-57-51-45-39-33-27-23-19-17-18-21-25-31-37-43-49-55-61-66(69)72/h64-65H,3-63H2,1-2H3,(H2,69,72). The summed E-state index contributed by atoms with van der Waals surface area (Å²) in [4.78, 5) is 51.9. The molecule has 0 aromatic carbocycles. The molecule has 0 spiro atoms. The number of rotatable bonds is 64. The summed E-state index contributed by atoms with van der Waals surface area (Å²) >= 11 is 0. The van der Waals surface area contributed by atoms with Gasteiger partial charge in [0.15, 0.2) is 0 Å². The van der Waals surface area contributed by atoms with Gasteiger partial charge in [-0.25, -0.2) is 0 Å². The number of hydrogen-bond acceptors (Lipinski definition) is 4. The predicted molar refractivity (Wildman–Crippen MR) is 324 cm³/mol. The Labute approximate surface area is 463 Å². The van der Waals surface area contributed by atoms with Crippen LogP contribution in [0.1, 0.15) is 399 Å². The van der Waals surface area contributed by atoms with E-state index >= 15 is 0 Å². The van der Waals surface area contributed by atoms with Crippen LogP contribution >= 0.6 is 0 Å². The minimum Gasteiger partial charge on any atom is -0.370 e. The summed E-state index contributed by atoms with van der Waals surface area (Å²) in [5.41, 5.74) is 5.24. The van der Waals surface area contributed by atoms with Crippen molar-refractivity contribution in [3.8, 4) is 0 Å². The molecule has 0 aromatic heterocycles. The van der Waals surface area contributed by atoms with E-state index in [1.54, 1.807) is 4.90 Å². The first-order chi connectivity index (χ1) is 36.5. The molecule has 0 saturated carbocycles. The average molecular weight is 1040 g/mol. The van der Waals surface area contributed by atoms with E-state index < -0.39 is 0 Å². The number of nitrogens with two attached hydrogens (primary N) is 1. The second-order valence-electron chi connectivity index (χ2n) is 23.8. The van der Waals surface area contributed by atoms with E-state index in [4.69, 9.17) is 5.73 Å². The second-order valence-corrected chi connectivity index (χ2v) is 23.8. The molecule has 0 saturated heterocycles. The minimum atomic E-state index is -0.167. The average Bonchev–Trinajstić information content (AvgIpc) is 3.39. The number of carbonyl (C=O) groups is 4. The lowest BCUT2D eigenvalue weighted by molar-refractivity contribution is -0.148. The second kappa shape index (κ2) is 62.1. The van der Waals surface area contributed by atoms with Crippen LogP contribution in [0.25, 0.3) is 0 Å². The zero-order valence-corrected chi connectivity index (χ0v) is 50.4. The van der Waals surface area contributed by atoms with Crippen molar-refractivity contribution in [1.29, 1.82) is 0 Å². The fourth-order valence-electron chi connectivity index (χ4n) is 11.4. The maximum atomic E-state index is 14.6. The normalized spacial score (nSPS) is 11.6. The van der Waals surface area contributed by atoms with Crippen molar-refractivity contribution in [2.24, 2.45) is 11.7 Å². The molecule has 0 atom stereocenters. The number of aldehydes is 1. The van der Waals surface area contributed by atoms with Crippen molar-refractivity contribution in [2.75, 3.05) is 6.54 Å². The molecule has 0 bridgehead atoms. The molecule has 0 rings (SSSR count). The van der Waals surface area contributed by atoms with E-state index in [0.717, 1.165) is 83.3 Å². The first-order valence-corrected chi connectivity index (χ1v) is 34.0. The summed E-state index contributed by atoms with van der Waals surface area (Å²) < 4.78 is 0. The van der Waals surface area contributed by atoms with Gasteiger partial charge in [-0.15, -0.1) is 0 Å². The van der Waals surface area contributed by atoms with Crippen molar-refractivity contribution >= 4 is 24.0 Å². The Morgan fingerprint density at radius 3 is 0.851 bits per heavy atom. The van der Waals surface area contributed by atoms with Crippen LogP contribution in [-0.4, -0.2) is 35.5 Å². The van der Waals surface area contributed by atoms with Crippen LogP contribution in [0.3, 0.4) is 0 Å². The molecule has 0 aliphatic carbocycles. The monoisotopic (exact) mass is 1040 g/mol. The molecular weight excluding hydrogens is 909 g/mol. The molecule has 438 valence electrons. The van der Waals surface area contributed by atoms with Gasteiger partial charge in [-0.2, -0.15) is 0 Å². The van der Waals surface area contributed by atoms with Crippen molar-refractivity contribution in [2.45, 2.75) is 399 Å². The molecule has 2 N–H and O–H groups in total.